The minimum absolute atomic E-state index is 0.0414. The Labute approximate surface area is 124 Å². The normalized spacial score (nSPS) is 10.3. The zero-order valence-corrected chi connectivity index (χ0v) is 11.7. The summed E-state index contributed by atoms with van der Waals surface area (Å²) in [6.07, 6.45) is 1.38. The fourth-order valence-corrected chi connectivity index (χ4v) is 2.23. The molecule has 6 heteroatoms. The second kappa shape index (κ2) is 5.75. The van der Waals surface area contributed by atoms with Gasteiger partial charge in [-0.3, -0.25) is 4.98 Å². The first kappa shape index (κ1) is 14.1. The molecule has 0 aliphatic heterocycles. The molecule has 0 saturated heterocycles. The van der Waals surface area contributed by atoms with Crippen molar-refractivity contribution in [3.63, 3.8) is 0 Å². The van der Waals surface area contributed by atoms with Crippen LogP contribution in [-0.4, -0.2) is 4.98 Å². The fourth-order valence-electron chi connectivity index (χ4n) is 1.60. The van der Waals surface area contributed by atoms with Crippen LogP contribution in [0.1, 0.15) is 5.56 Å². The molecule has 0 aliphatic carbocycles. The Morgan fingerprint density at radius 2 is 1.84 bits per heavy atom. The van der Waals surface area contributed by atoms with Crippen molar-refractivity contribution in [2.24, 2.45) is 0 Å². The lowest BCUT2D eigenvalue weighted by molar-refractivity contribution is 0.613. The Morgan fingerprint density at radius 1 is 1.16 bits per heavy atom. The zero-order valence-electron chi connectivity index (χ0n) is 9.42. The number of hydrogen-bond acceptors (Lipinski definition) is 2. The van der Waals surface area contributed by atoms with E-state index in [0.717, 1.165) is 0 Å². The third-order valence-electron chi connectivity index (χ3n) is 2.50. The summed E-state index contributed by atoms with van der Waals surface area (Å²) in [5.41, 5.74) is 0.652. The molecule has 1 aromatic heterocycles. The molecule has 19 heavy (non-hydrogen) atoms. The summed E-state index contributed by atoms with van der Waals surface area (Å²) in [7, 11) is 0. The van der Waals surface area contributed by atoms with Gasteiger partial charge >= 0.3 is 0 Å². The van der Waals surface area contributed by atoms with Crippen LogP contribution in [0.3, 0.4) is 0 Å². The molecule has 0 atom stereocenters. The maximum Gasteiger partial charge on any atom is 0.153 e. The maximum atomic E-state index is 14.2. The second-order valence-electron chi connectivity index (χ2n) is 3.71. The van der Waals surface area contributed by atoms with Crippen molar-refractivity contribution in [1.82, 2.24) is 4.98 Å². The largest absolute Gasteiger partial charge is 0.253 e. The first-order valence-corrected chi connectivity index (χ1v) is 6.33. The number of halogens is 4. The van der Waals surface area contributed by atoms with E-state index in [1.54, 1.807) is 0 Å². The predicted octanol–water partition coefficient (Wildman–Crippen LogP) is 4.91. The van der Waals surface area contributed by atoms with E-state index in [0.29, 0.717) is 5.56 Å². The van der Waals surface area contributed by atoms with Crippen molar-refractivity contribution in [3.8, 4) is 17.3 Å². The smallest absolute Gasteiger partial charge is 0.153 e. The molecule has 0 unspecified atom stereocenters. The van der Waals surface area contributed by atoms with Crippen molar-refractivity contribution in [1.29, 1.82) is 5.26 Å². The highest BCUT2D eigenvalue weighted by atomic mass is 35.5. The van der Waals surface area contributed by atoms with Crippen molar-refractivity contribution < 1.29 is 4.39 Å². The van der Waals surface area contributed by atoms with Crippen molar-refractivity contribution in [3.05, 3.63) is 50.8 Å². The third kappa shape index (κ3) is 2.82. The van der Waals surface area contributed by atoms with E-state index < -0.39 is 5.82 Å². The molecule has 1 aromatic carbocycles. The first-order chi connectivity index (χ1) is 9.04. The van der Waals surface area contributed by atoms with E-state index in [-0.39, 0.29) is 32.7 Å². The average Bonchev–Trinajstić information content (AvgIpc) is 2.37. The SMILES string of the molecule is N#CCc1ccnc(-c2cc(Cl)c(Cl)cc2Cl)c1F. The van der Waals surface area contributed by atoms with Gasteiger partial charge in [-0.2, -0.15) is 5.26 Å². The van der Waals surface area contributed by atoms with Crippen molar-refractivity contribution in [2.75, 3.05) is 0 Å². The number of nitriles is 1. The van der Waals surface area contributed by atoms with E-state index >= 15 is 0 Å². The van der Waals surface area contributed by atoms with Gasteiger partial charge in [-0.25, -0.2) is 4.39 Å². The molecule has 0 bridgehead atoms. The van der Waals surface area contributed by atoms with Gasteiger partial charge in [0.05, 0.1) is 27.6 Å². The molecule has 0 N–H and O–H groups in total. The van der Waals surface area contributed by atoms with Crippen LogP contribution in [0.4, 0.5) is 4.39 Å². The lowest BCUT2D eigenvalue weighted by Crippen LogP contribution is -1.96. The van der Waals surface area contributed by atoms with Crippen LogP contribution in [-0.2, 0) is 6.42 Å². The van der Waals surface area contributed by atoms with E-state index in [1.165, 1.54) is 24.4 Å². The molecule has 0 aliphatic rings. The molecule has 0 amide bonds. The van der Waals surface area contributed by atoms with Gasteiger partial charge in [-0.1, -0.05) is 34.8 Å². The maximum absolute atomic E-state index is 14.2. The Morgan fingerprint density at radius 3 is 2.53 bits per heavy atom. The van der Waals surface area contributed by atoms with Crippen LogP contribution in [0.5, 0.6) is 0 Å². The summed E-state index contributed by atoms with van der Waals surface area (Å²) in [6, 6.07) is 6.22. The molecule has 1 heterocycles. The highest BCUT2D eigenvalue weighted by molar-refractivity contribution is 6.44. The summed E-state index contributed by atoms with van der Waals surface area (Å²) in [4.78, 5) is 3.95. The van der Waals surface area contributed by atoms with Crippen LogP contribution >= 0.6 is 34.8 Å². The number of benzene rings is 1. The molecular weight excluding hydrogens is 310 g/mol. The predicted molar refractivity (Wildman–Crippen MR) is 74.0 cm³/mol. The number of aromatic nitrogens is 1. The lowest BCUT2D eigenvalue weighted by Gasteiger charge is -2.08. The summed E-state index contributed by atoms with van der Waals surface area (Å²) in [5, 5.41) is 9.42. The minimum atomic E-state index is -0.579. The molecular formula is C13H6Cl3FN2. The first-order valence-electron chi connectivity index (χ1n) is 5.20. The van der Waals surface area contributed by atoms with Crippen LogP contribution < -0.4 is 0 Å². The molecule has 2 rings (SSSR count). The van der Waals surface area contributed by atoms with E-state index in [2.05, 4.69) is 4.98 Å². The molecule has 2 nitrogen and oxygen atoms in total. The van der Waals surface area contributed by atoms with Crippen LogP contribution in [0.25, 0.3) is 11.3 Å². The topological polar surface area (TPSA) is 36.7 Å². The van der Waals surface area contributed by atoms with Gasteiger partial charge in [0.2, 0.25) is 0 Å². The Bertz CT molecular complexity index is 680. The Hall–Kier alpha value is -1.34. The average molecular weight is 316 g/mol. The van der Waals surface area contributed by atoms with Crippen LogP contribution in [0, 0.1) is 17.1 Å². The minimum Gasteiger partial charge on any atom is -0.253 e. The van der Waals surface area contributed by atoms with Crippen molar-refractivity contribution in [2.45, 2.75) is 6.42 Å². The van der Waals surface area contributed by atoms with Gasteiger partial charge in [0.15, 0.2) is 5.82 Å². The Kier molecular flexibility index (Phi) is 4.26. The molecule has 96 valence electrons. The summed E-state index contributed by atoms with van der Waals surface area (Å²) >= 11 is 17.7. The number of rotatable bonds is 2. The van der Waals surface area contributed by atoms with Gasteiger partial charge in [-0.05, 0) is 18.2 Å². The lowest BCUT2D eigenvalue weighted by atomic mass is 10.1. The summed E-state index contributed by atoms with van der Waals surface area (Å²) < 4.78 is 14.2. The zero-order chi connectivity index (χ0) is 14.0. The van der Waals surface area contributed by atoms with Gasteiger partial charge in [0.25, 0.3) is 0 Å². The van der Waals surface area contributed by atoms with E-state index in [9.17, 15) is 4.39 Å². The highest BCUT2D eigenvalue weighted by Gasteiger charge is 2.15. The van der Waals surface area contributed by atoms with E-state index in [1.807, 2.05) is 6.07 Å². The number of nitrogens with zero attached hydrogens (tertiary/aromatic N) is 2. The van der Waals surface area contributed by atoms with Crippen LogP contribution in [0.2, 0.25) is 15.1 Å². The number of hydrogen-bond donors (Lipinski definition) is 0. The third-order valence-corrected chi connectivity index (χ3v) is 3.54. The molecule has 0 fully saturated rings. The van der Waals surface area contributed by atoms with Gasteiger partial charge in [0, 0.05) is 17.3 Å². The van der Waals surface area contributed by atoms with Gasteiger partial charge in [0.1, 0.15) is 5.69 Å². The molecule has 0 radical (unpaired) electrons. The fraction of sp³-hybridized carbons (Fsp3) is 0.0769. The van der Waals surface area contributed by atoms with Crippen LogP contribution in [0.15, 0.2) is 24.4 Å². The van der Waals surface area contributed by atoms with Crippen molar-refractivity contribution >= 4 is 34.8 Å². The monoisotopic (exact) mass is 314 g/mol. The standard InChI is InChI=1S/C13H6Cl3FN2/c14-9-6-11(16)10(15)5-8(9)13-12(17)7(1-3-18)2-4-19-13/h2,4-6H,1H2. The van der Waals surface area contributed by atoms with Gasteiger partial charge in [-0.15, -0.1) is 0 Å². The summed E-state index contributed by atoms with van der Waals surface area (Å²) in [5.74, 6) is -0.579. The molecule has 0 saturated carbocycles. The summed E-state index contributed by atoms with van der Waals surface area (Å²) in [6.45, 7) is 0. The molecule has 2 aromatic rings. The number of pyridine rings is 1. The molecule has 0 spiro atoms. The van der Waals surface area contributed by atoms with Gasteiger partial charge < -0.3 is 0 Å². The quantitative estimate of drug-likeness (QED) is 0.738. The second-order valence-corrected chi connectivity index (χ2v) is 4.94. The highest BCUT2D eigenvalue weighted by Crippen LogP contribution is 2.35. The van der Waals surface area contributed by atoms with E-state index in [4.69, 9.17) is 40.1 Å². The Balaban J connectivity index is 2.63.